The number of hydrogen-bond acceptors (Lipinski definition) is 3. The molecule has 2 rings (SSSR count). The lowest BCUT2D eigenvalue weighted by atomic mass is 9.94. The van der Waals surface area contributed by atoms with Gasteiger partial charge in [0.15, 0.2) is 0 Å². The lowest BCUT2D eigenvalue weighted by molar-refractivity contribution is 0.103. The van der Waals surface area contributed by atoms with E-state index in [1.807, 2.05) is 19.1 Å². The topological polar surface area (TPSA) is 49.5 Å². The van der Waals surface area contributed by atoms with Crippen LogP contribution in [-0.4, -0.2) is 24.3 Å². The Kier molecular flexibility index (Phi) is 3.69. The second-order valence-corrected chi connectivity index (χ2v) is 5.13. The Hall–Kier alpha value is -1.06. The first-order chi connectivity index (χ1) is 8.09. The van der Waals surface area contributed by atoms with Crippen molar-refractivity contribution in [3.8, 4) is 0 Å². The molecule has 3 nitrogen and oxygen atoms in total. The Labute approximate surface area is 103 Å². The maximum Gasteiger partial charge on any atom is 0.0741 e. The highest BCUT2D eigenvalue weighted by atomic mass is 16.3. The zero-order valence-electron chi connectivity index (χ0n) is 10.6. The summed E-state index contributed by atoms with van der Waals surface area (Å²) in [6.07, 6.45) is 0.805. The normalized spacial score (nSPS) is 26.9. The van der Waals surface area contributed by atoms with Crippen LogP contribution < -0.4 is 10.6 Å². The van der Waals surface area contributed by atoms with Crippen LogP contribution >= 0.6 is 0 Å². The van der Waals surface area contributed by atoms with Gasteiger partial charge < -0.3 is 15.7 Å². The monoisotopic (exact) mass is 234 g/mol. The van der Waals surface area contributed by atoms with Crippen molar-refractivity contribution in [2.75, 3.05) is 18.0 Å². The largest absolute Gasteiger partial charge is 0.391 e. The Balaban J connectivity index is 2.22. The van der Waals surface area contributed by atoms with E-state index in [9.17, 15) is 5.11 Å². The Morgan fingerprint density at radius 1 is 1.41 bits per heavy atom. The van der Waals surface area contributed by atoms with Crippen LogP contribution in [0.4, 0.5) is 5.69 Å². The van der Waals surface area contributed by atoms with E-state index >= 15 is 0 Å². The molecule has 1 aliphatic rings. The fraction of sp³-hybridized carbons (Fsp3) is 0.571. The van der Waals surface area contributed by atoms with Crippen molar-refractivity contribution >= 4 is 5.69 Å². The van der Waals surface area contributed by atoms with Crippen molar-refractivity contribution in [2.24, 2.45) is 11.7 Å². The molecule has 3 atom stereocenters. The molecule has 0 spiro atoms. The molecule has 1 saturated heterocycles. The van der Waals surface area contributed by atoms with E-state index in [1.54, 1.807) is 0 Å². The number of hydrogen-bond donors (Lipinski definition) is 2. The predicted molar refractivity (Wildman–Crippen MR) is 71.0 cm³/mol. The van der Waals surface area contributed by atoms with Crippen molar-refractivity contribution in [1.82, 2.24) is 0 Å². The molecule has 0 aliphatic carbocycles. The number of para-hydroxylation sites is 1. The SMILES string of the molecule is CC1CCN(c2ccccc2[C@H](C)N)CC1O. The molecule has 2 unspecified atom stereocenters. The van der Waals surface area contributed by atoms with Crippen molar-refractivity contribution < 1.29 is 5.11 Å². The number of aliphatic hydroxyl groups is 1. The van der Waals surface area contributed by atoms with Crippen LogP contribution in [0, 0.1) is 5.92 Å². The van der Waals surface area contributed by atoms with Crippen LogP contribution in [0.25, 0.3) is 0 Å². The van der Waals surface area contributed by atoms with Crippen molar-refractivity contribution in [3.05, 3.63) is 29.8 Å². The average Bonchev–Trinajstić information content (AvgIpc) is 2.32. The predicted octanol–water partition coefficient (Wildman–Crippen LogP) is 1.91. The first kappa shape index (κ1) is 12.4. The number of anilines is 1. The first-order valence-electron chi connectivity index (χ1n) is 6.37. The third-order valence-corrected chi connectivity index (χ3v) is 3.69. The fourth-order valence-corrected chi connectivity index (χ4v) is 2.43. The third kappa shape index (κ3) is 2.61. The number of aliphatic hydroxyl groups excluding tert-OH is 1. The zero-order valence-corrected chi connectivity index (χ0v) is 10.6. The minimum absolute atomic E-state index is 0.0303. The van der Waals surface area contributed by atoms with E-state index in [4.69, 9.17) is 5.73 Å². The summed E-state index contributed by atoms with van der Waals surface area (Å²) in [6, 6.07) is 8.26. The van der Waals surface area contributed by atoms with Gasteiger partial charge in [0.25, 0.3) is 0 Å². The van der Waals surface area contributed by atoms with E-state index in [0.717, 1.165) is 18.5 Å². The van der Waals surface area contributed by atoms with Crippen LogP contribution in [0.3, 0.4) is 0 Å². The molecule has 1 aliphatic heterocycles. The highest BCUT2D eigenvalue weighted by Crippen LogP contribution is 2.29. The molecule has 0 aromatic heterocycles. The van der Waals surface area contributed by atoms with E-state index in [0.29, 0.717) is 12.5 Å². The van der Waals surface area contributed by atoms with Gasteiger partial charge in [-0.1, -0.05) is 25.1 Å². The molecule has 0 bridgehead atoms. The number of piperidine rings is 1. The number of nitrogens with zero attached hydrogens (tertiary/aromatic N) is 1. The van der Waals surface area contributed by atoms with Crippen molar-refractivity contribution in [1.29, 1.82) is 0 Å². The van der Waals surface area contributed by atoms with E-state index in [1.165, 1.54) is 5.69 Å². The van der Waals surface area contributed by atoms with Gasteiger partial charge in [0, 0.05) is 24.8 Å². The summed E-state index contributed by atoms with van der Waals surface area (Å²) < 4.78 is 0. The minimum atomic E-state index is -0.232. The molecule has 0 amide bonds. The van der Waals surface area contributed by atoms with E-state index in [-0.39, 0.29) is 12.1 Å². The number of benzene rings is 1. The molecule has 3 heteroatoms. The molecule has 0 saturated carbocycles. The van der Waals surface area contributed by atoms with Crippen LogP contribution in [0.15, 0.2) is 24.3 Å². The van der Waals surface area contributed by atoms with Gasteiger partial charge in [0.05, 0.1) is 6.10 Å². The second-order valence-electron chi connectivity index (χ2n) is 5.13. The summed E-state index contributed by atoms with van der Waals surface area (Å²) in [5, 5.41) is 9.97. The van der Waals surface area contributed by atoms with Gasteiger partial charge in [-0.05, 0) is 30.9 Å². The van der Waals surface area contributed by atoms with Gasteiger partial charge in [0.1, 0.15) is 0 Å². The molecular weight excluding hydrogens is 212 g/mol. The van der Waals surface area contributed by atoms with Gasteiger partial charge in [-0.3, -0.25) is 0 Å². The quantitative estimate of drug-likeness (QED) is 0.822. The standard InChI is InChI=1S/C14H22N2O/c1-10-7-8-16(9-14(10)17)13-6-4-3-5-12(13)11(2)15/h3-6,10-11,14,17H,7-9,15H2,1-2H3/t10?,11-,14?/m0/s1. The molecule has 1 aromatic carbocycles. The molecule has 17 heavy (non-hydrogen) atoms. The van der Waals surface area contributed by atoms with Crippen LogP contribution in [0.1, 0.15) is 31.9 Å². The Morgan fingerprint density at radius 3 is 2.76 bits per heavy atom. The molecule has 94 valence electrons. The summed E-state index contributed by atoms with van der Waals surface area (Å²) in [4.78, 5) is 2.25. The van der Waals surface area contributed by atoms with Gasteiger partial charge in [0.2, 0.25) is 0 Å². The highest BCUT2D eigenvalue weighted by molar-refractivity contribution is 5.55. The molecular formula is C14H22N2O. The summed E-state index contributed by atoms with van der Waals surface area (Å²) in [5.41, 5.74) is 8.33. The fourth-order valence-electron chi connectivity index (χ4n) is 2.43. The van der Waals surface area contributed by atoms with Crippen molar-refractivity contribution in [3.63, 3.8) is 0 Å². The lowest BCUT2D eigenvalue weighted by Crippen LogP contribution is -2.43. The van der Waals surface area contributed by atoms with Gasteiger partial charge >= 0.3 is 0 Å². The van der Waals surface area contributed by atoms with E-state index in [2.05, 4.69) is 24.0 Å². The number of β-amino-alcohol motifs (C(OH)–C–C–N with tert-alkyl or cyclic N) is 1. The van der Waals surface area contributed by atoms with Crippen LogP contribution in [-0.2, 0) is 0 Å². The Morgan fingerprint density at radius 2 is 2.12 bits per heavy atom. The molecule has 1 heterocycles. The molecule has 1 aromatic rings. The van der Waals surface area contributed by atoms with Crippen LogP contribution in [0.5, 0.6) is 0 Å². The summed E-state index contributed by atoms with van der Waals surface area (Å²) >= 11 is 0. The van der Waals surface area contributed by atoms with E-state index < -0.39 is 0 Å². The number of rotatable bonds is 2. The second kappa shape index (κ2) is 5.07. The average molecular weight is 234 g/mol. The first-order valence-corrected chi connectivity index (χ1v) is 6.37. The summed E-state index contributed by atoms with van der Waals surface area (Å²) in [6.45, 7) is 5.83. The van der Waals surface area contributed by atoms with Gasteiger partial charge in [-0.25, -0.2) is 0 Å². The van der Waals surface area contributed by atoms with Crippen LogP contribution in [0.2, 0.25) is 0 Å². The number of nitrogens with two attached hydrogens (primary N) is 1. The summed E-state index contributed by atoms with van der Waals surface area (Å²) in [5.74, 6) is 0.397. The van der Waals surface area contributed by atoms with Crippen molar-refractivity contribution in [2.45, 2.75) is 32.4 Å². The highest BCUT2D eigenvalue weighted by Gasteiger charge is 2.25. The zero-order chi connectivity index (χ0) is 12.4. The summed E-state index contributed by atoms with van der Waals surface area (Å²) in [7, 11) is 0. The molecule has 0 radical (unpaired) electrons. The Bertz CT molecular complexity index is 378. The maximum atomic E-state index is 9.97. The third-order valence-electron chi connectivity index (χ3n) is 3.69. The molecule has 1 fully saturated rings. The smallest absolute Gasteiger partial charge is 0.0741 e. The minimum Gasteiger partial charge on any atom is -0.391 e. The maximum absolute atomic E-state index is 9.97. The molecule has 3 N–H and O–H groups in total. The van der Waals surface area contributed by atoms with Gasteiger partial charge in [-0.15, -0.1) is 0 Å². The lowest BCUT2D eigenvalue weighted by Gasteiger charge is -2.37. The van der Waals surface area contributed by atoms with Gasteiger partial charge in [-0.2, -0.15) is 0 Å².